The zero-order valence-electron chi connectivity index (χ0n) is 31.1. The first-order valence-corrected chi connectivity index (χ1v) is 18.5. The summed E-state index contributed by atoms with van der Waals surface area (Å²) in [7, 11) is 0. The van der Waals surface area contributed by atoms with E-state index in [1.165, 1.54) is 12.1 Å². The van der Waals surface area contributed by atoms with Crippen molar-refractivity contribution in [3.8, 4) is 34.5 Å². The van der Waals surface area contributed by atoms with Gasteiger partial charge in [-0.05, 0) is 81.3 Å². The van der Waals surface area contributed by atoms with Gasteiger partial charge in [0, 0.05) is 49.3 Å². The summed E-state index contributed by atoms with van der Waals surface area (Å²) >= 11 is 0. The number of benzene rings is 3. The van der Waals surface area contributed by atoms with Crippen LogP contribution in [0.4, 0.5) is 0 Å². The third kappa shape index (κ3) is 10.7. The molecule has 12 heteroatoms. The lowest BCUT2D eigenvalue weighted by Crippen LogP contribution is -2.27. The minimum Gasteiger partial charge on any atom is -0.508 e. The van der Waals surface area contributed by atoms with Crippen molar-refractivity contribution in [3.05, 3.63) is 95.6 Å². The molecule has 2 amide bonds. The Morgan fingerprint density at radius 3 is 1.69 bits per heavy atom. The zero-order chi connectivity index (χ0) is 39.0. The number of carbonyl (C=O) groups excluding carboxylic acids is 2. The lowest BCUT2D eigenvalue weighted by Gasteiger charge is -2.19. The summed E-state index contributed by atoms with van der Waals surface area (Å²) < 4.78 is 17.3. The normalized spacial score (nSPS) is 13.5. The van der Waals surface area contributed by atoms with Crippen molar-refractivity contribution in [2.75, 3.05) is 46.0 Å². The largest absolute Gasteiger partial charge is 0.508 e. The van der Waals surface area contributed by atoms with E-state index in [4.69, 9.17) is 19.3 Å². The van der Waals surface area contributed by atoms with Crippen molar-refractivity contribution in [1.29, 1.82) is 0 Å². The van der Waals surface area contributed by atoms with E-state index >= 15 is 0 Å². The summed E-state index contributed by atoms with van der Waals surface area (Å²) in [6.45, 7) is 12.6. The number of aliphatic carboxylic acids is 1. The lowest BCUT2D eigenvalue weighted by atomic mass is 10.0. The minimum absolute atomic E-state index is 0.00891. The van der Waals surface area contributed by atoms with Crippen molar-refractivity contribution in [2.24, 2.45) is 0 Å². The topological polar surface area (TPSA) is 166 Å². The number of likely N-dealkylation sites (tertiary alicyclic amines) is 2. The Labute approximate surface area is 316 Å². The van der Waals surface area contributed by atoms with Gasteiger partial charge in [-0.25, -0.2) is 4.79 Å². The fraction of sp³-hybridized carbons (Fsp3) is 0.405. The summed E-state index contributed by atoms with van der Waals surface area (Å²) in [6, 6.07) is 11.6. The van der Waals surface area contributed by atoms with E-state index in [0.29, 0.717) is 80.4 Å². The molecule has 2 heterocycles. The Balaban J connectivity index is 0.000000301. The second kappa shape index (κ2) is 20.6. The Morgan fingerprint density at radius 2 is 1.17 bits per heavy atom. The number of allylic oxidation sites excluding steroid dienone is 2. The molecule has 0 aromatic heterocycles. The highest BCUT2D eigenvalue weighted by atomic mass is 16.5. The van der Waals surface area contributed by atoms with Crippen molar-refractivity contribution in [1.82, 2.24) is 9.80 Å². The van der Waals surface area contributed by atoms with E-state index < -0.39 is 12.6 Å². The van der Waals surface area contributed by atoms with Gasteiger partial charge < -0.3 is 44.4 Å². The van der Waals surface area contributed by atoms with Crippen LogP contribution in [0.3, 0.4) is 0 Å². The smallest absolute Gasteiger partial charge is 0.341 e. The molecule has 0 atom stereocenters. The van der Waals surface area contributed by atoms with E-state index in [9.17, 15) is 29.7 Å². The van der Waals surface area contributed by atoms with Gasteiger partial charge in [0.15, 0.2) is 6.61 Å². The summed E-state index contributed by atoms with van der Waals surface area (Å²) in [6.07, 6.45) is 10.1. The van der Waals surface area contributed by atoms with Crippen LogP contribution < -0.4 is 14.2 Å². The number of hydrogen-bond acceptors (Lipinski definition) is 9. The molecular weight excluding hydrogens is 692 g/mol. The van der Waals surface area contributed by atoms with Gasteiger partial charge in [-0.1, -0.05) is 31.6 Å². The van der Waals surface area contributed by atoms with Crippen LogP contribution >= 0.6 is 0 Å². The highest BCUT2D eigenvalue weighted by molar-refractivity contribution is 5.98. The Hall–Kier alpha value is -5.65. The van der Waals surface area contributed by atoms with E-state index in [0.717, 1.165) is 50.8 Å². The molecule has 0 aliphatic carbocycles. The molecule has 54 heavy (non-hydrogen) atoms. The molecule has 2 aliphatic rings. The molecule has 4 N–H and O–H groups in total. The van der Waals surface area contributed by atoms with Crippen LogP contribution in [0, 0.1) is 0 Å². The first kappa shape index (κ1) is 41.1. The van der Waals surface area contributed by atoms with Gasteiger partial charge in [0.05, 0.1) is 24.3 Å². The zero-order valence-corrected chi connectivity index (χ0v) is 31.1. The molecule has 0 saturated carbocycles. The Morgan fingerprint density at radius 1 is 0.685 bits per heavy atom. The highest BCUT2D eigenvalue weighted by Gasteiger charge is 2.26. The van der Waals surface area contributed by atoms with Crippen LogP contribution in [0.15, 0.2) is 67.8 Å². The number of aromatic hydroxyl groups is 3. The van der Waals surface area contributed by atoms with Gasteiger partial charge in [0.1, 0.15) is 34.5 Å². The molecule has 0 unspecified atom stereocenters. The number of carboxylic acids is 1. The fourth-order valence-corrected chi connectivity index (χ4v) is 6.47. The van der Waals surface area contributed by atoms with Gasteiger partial charge >= 0.3 is 5.97 Å². The number of nitrogens with zero attached hydrogens (tertiary/aromatic N) is 2. The molecule has 0 bridgehead atoms. The molecule has 0 radical (unpaired) electrons. The van der Waals surface area contributed by atoms with Crippen LogP contribution in [0.5, 0.6) is 34.5 Å². The average Bonchev–Trinajstić information content (AvgIpc) is 3.91. The number of amides is 2. The van der Waals surface area contributed by atoms with E-state index in [2.05, 4.69) is 13.2 Å². The van der Waals surface area contributed by atoms with Crippen LogP contribution in [0.25, 0.3) is 0 Å². The monoisotopic (exact) mass is 744 g/mol. The number of hydrogen-bond donors (Lipinski definition) is 4. The number of rotatable bonds is 17. The number of phenols is 3. The van der Waals surface area contributed by atoms with Crippen molar-refractivity contribution in [2.45, 2.75) is 64.7 Å². The molecule has 290 valence electrons. The second-order valence-corrected chi connectivity index (χ2v) is 13.1. The number of carboxylic acid groups (broad SMARTS) is 1. The number of carbonyl (C=O) groups is 3. The van der Waals surface area contributed by atoms with Gasteiger partial charge in [0.25, 0.3) is 11.8 Å². The summed E-state index contributed by atoms with van der Waals surface area (Å²) in [4.78, 5) is 39.3. The van der Waals surface area contributed by atoms with Crippen molar-refractivity contribution < 1.29 is 49.0 Å². The van der Waals surface area contributed by atoms with Crippen LogP contribution in [-0.2, 0) is 24.1 Å². The standard InChI is InChI=1S/C28H35NO7.C14H17NO3/c1-3-9-20-23(11-7-12-24(20)36-19-26(30)31)34-17-8-18-35-25-14-13-22(27(32)21(25)10-4-2)28(33)29-15-5-6-16-29;1-2-5-10-12(16)7-6-11(13(10)17)14(18)15-8-3-4-9-15/h4,7,11-14,32H,2-3,5-6,8-10,15-19H2,1H3,(H,30,31);2,6-7,16-17H,1,3-5,8-9H2. The molecular formula is C42H52N2O10. The average molecular weight is 745 g/mol. The summed E-state index contributed by atoms with van der Waals surface area (Å²) in [5, 5.41) is 39.5. The molecule has 0 spiro atoms. The maximum atomic E-state index is 12.8. The van der Waals surface area contributed by atoms with Gasteiger partial charge in [-0.3, -0.25) is 9.59 Å². The van der Waals surface area contributed by atoms with Gasteiger partial charge in [0.2, 0.25) is 0 Å². The third-order valence-electron chi connectivity index (χ3n) is 9.19. The van der Waals surface area contributed by atoms with Crippen LogP contribution in [0.2, 0.25) is 0 Å². The van der Waals surface area contributed by atoms with E-state index in [1.54, 1.807) is 46.2 Å². The molecule has 2 saturated heterocycles. The maximum Gasteiger partial charge on any atom is 0.341 e. The summed E-state index contributed by atoms with van der Waals surface area (Å²) in [5.74, 6) is 0.135. The first-order chi connectivity index (χ1) is 26.1. The third-order valence-corrected chi connectivity index (χ3v) is 9.19. The number of ether oxygens (including phenoxy) is 3. The molecule has 5 rings (SSSR count). The minimum atomic E-state index is -1.03. The molecule has 3 aromatic carbocycles. The predicted molar refractivity (Wildman–Crippen MR) is 205 cm³/mol. The molecule has 2 aliphatic heterocycles. The Bertz CT molecular complexity index is 1780. The van der Waals surface area contributed by atoms with E-state index in [-0.39, 0.29) is 40.2 Å². The molecule has 12 nitrogen and oxygen atoms in total. The predicted octanol–water partition coefficient (Wildman–Crippen LogP) is 6.68. The SMILES string of the molecule is C=CCc1c(O)ccc(C(=O)N2CCCC2)c1O.C=CCc1c(OCCCOc2cccc(OCC(=O)O)c2CCC)ccc(C(=O)N2CCCC2)c1O. The van der Waals surface area contributed by atoms with Gasteiger partial charge in [-0.15, -0.1) is 13.2 Å². The number of phenolic OH excluding ortho intramolecular Hbond substituents is 3. The van der Waals surface area contributed by atoms with Crippen LogP contribution in [0.1, 0.15) is 82.9 Å². The molecule has 2 fully saturated rings. The van der Waals surface area contributed by atoms with E-state index in [1.807, 2.05) is 13.0 Å². The highest BCUT2D eigenvalue weighted by Crippen LogP contribution is 2.35. The second-order valence-electron chi connectivity index (χ2n) is 13.1. The fourth-order valence-electron chi connectivity index (χ4n) is 6.47. The van der Waals surface area contributed by atoms with Gasteiger partial charge in [-0.2, -0.15) is 0 Å². The Kier molecular flexibility index (Phi) is 15.6. The lowest BCUT2D eigenvalue weighted by molar-refractivity contribution is -0.139. The molecule has 3 aromatic rings. The summed E-state index contributed by atoms with van der Waals surface area (Å²) in [5.41, 5.74) is 2.29. The first-order valence-electron chi connectivity index (χ1n) is 18.5. The van der Waals surface area contributed by atoms with Crippen molar-refractivity contribution in [3.63, 3.8) is 0 Å². The van der Waals surface area contributed by atoms with Crippen molar-refractivity contribution >= 4 is 17.8 Å². The quantitative estimate of drug-likeness (QED) is 0.0865. The maximum absolute atomic E-state index is 12.8. The van der Waals surface area contributed by atoms with Crippen LogP contribution in [-0.4, -0.2) is 94.0 Å².